The third-order valence-electron chi connectivity index (χ3n) is 4.03. The van der Waals surface area contributed by atoms with Crippen LogP contribution in [0.3, 0.4) is 0 Å². The highest BCUT2D eigenvalue weighted by Gasteiger charge is 2.31. The van der Waals surface area contributed by atoms with Crippen LogP contribution in [0.5, 0.6) is 0 Å². The number of alkyl halides is 3. The first-order chi connectivity index (χ1) is 11.3. The molecular formula is C15H15F3N4O2. The second-order valence-corrected chi connectivity index (χ2v) is 5.66. The Morgan fingerprint density at radius 1 is 1.46 bits per heavy atom. The van der Waals surface area contributed by atoms with Crippen molar-refractivity contribution in [1.29, 1.82) is 0 Å². The summed E-state index contributed by atoms with van der Waals surface area (Å²) in [5.41, 5.74) is -0.00971. The zero-order chi connectivity index (χ0) is 17.5. The maximum atomic E-state index is 12.8. The normalized spacial score (nSPS) is 18.0. The van der Waals surface area contributed by atoms with Crippen molar-refractivity contribution in [2.24, 2.45) is 7.05 Å². The first kappa shape index (κ1) is 16.3. The first-order valence-electron chi connectivity index (χ1n) is 7.35. The molecule has 3 rings (SSSR count). The molecule has 1 aromatic heterocycles. The first-order valence-corrected chi connectivity index (χ1v) is 7.35. The van der Waals surface area contributed by atoms with Crippen LogP contribution in [0.4, 0.5) is 13.2 Å². The number of rotatable bonds is 3. The minimum absolute atomic E-state index is 0.0672. The van der Waals surface area contributed by atoms with E-state index in [9.17, 15) is 22.8 Å². The number of imidazole rings is 1. The third kappa shape index (κ3) is 3.06. The number of carbonyl (C=O) groups is 2. The van der Waals surface area contributed by atoms with Gasteiger partial charge in [0.1, 0.15) is 11.9 Å². The van der Waals surface area contributed by atoms with E-state index in [1.54, 1.807) is 11.6 Å². The molecule has 2 amide bonds. The molecule has 0 unspecified atom stereocenters. The number of amides is 2. The molecule has 0 aliphatic carbocycles. The second kappa shape index (κ2) is 5.81. The molecule has 0 spiro atoms. The van der Waals surface area contributed by atoms with E-state index < -0.39 is 17.8 Å². The lowest BCUT2D eigenvalue weighted by atomic mass is 10.2. The molecule has 1 atom stereocenters. The molecule has 1 aliphatic rings. The minimum atomic E-state index is -4.43. The monoisotopic (exact) mass is 340 g/mol. The van der Waals surface area contributed by atoms with Gasteiger partial charge in [0.15, 0.2) is 0 Å². The molecule has 9 heteroatoms. The lowest BCUT2D eigenvalue weighted by molar-refractivity contribution is -0.137. The fraction of sp³-hybridized carbons (Fsp3) is 0.400. The van der Waals surface area contributed by atoms with Crippen molar-refractivity contribution in [3.05, 3.63) is 29.6 Å². The molecule has 6 nitrogen and oxygen atoms in total. The lowest BCUT2D eigenvalue weighted by Crippen LogP contribution is -2.41. The van der Waals surface area contributed by atoms with Crippen molar-refractivity contribution < 1.29 is 22.8 Å². The summed E-state index contributed by atoms with van der Waals surface area (Å²) in [5, 5.41) is 5.20. The van der Waals surface area contributed by atoms with E-state index in [4.69, 9.17) is 0 Å². The van der Waals surface area contributed by atoms with Crippen molar-refractivity contribution in [3.63, 3.8) is 0 Å². The Balaban J connectivity index is 1.76. The van der Waals surface area contributed by atoms with Gasteiger partial charge in [-0.15, -0.1) is 0 Å². The average Bonchev–Trinajstić information content (AvgIpc) is 3.08. The standard InChI is InChI=1S/C15H15F3N4O2/c1-22-11-4-2-8(15(16,17)18)6-10(11)20-12(22)7-19-14(24)9-3-5-13(23)21-9/h2,4,6,9H,3,5,7H2,1H3,(H,19,24)(H,21,23)/t9-/m1/s1. The summed E-state index contributed by atoms with van der Waals surface area (Å²) in [6.07, 6.45) is -3.69. The predicted octanol–water partition coefficient (Wildman–Crippen LogP) is 1.49. The van der Waals surface area contributed by atoms with E-state index in [1.807, 2.05) is 0 Å². The summed E-state index contributed by atoms with van der Waals surface area (Å²) in [7, 11) is 1.67. The fourth-order valence-corrected chi connectivity index (χ4v) is 2.68. The van der Waals surface area contributed by atoms with E-state index in [0.717, 1.165) is 12.1 Å². The minimum Gasteiger partial charge on any atom is -0.347 e. The number of benzene rings is 1. The molecule has 1 aromatic carbocycles. The van der Waals surface area contributed by atoms with Gasteiger partial charge in [-0.1, -0.05) is 0 Å². The van der Waals surface area contributed by atoms with Crippen molar-refractivity contribution >= 4 is 22.8 Å². The van der Waals surface area contributed by atoms with Crippen molar-refractivity contribution in [3.8, 4) is 0 Å². The quantitative estimate of drug-likeness (QED) is 0.889. The highest BCUT2D eigenvalue weighted by Crippen LogP contribution is 2.31. The number of hydrogen-bond acceptors (Lipinski definition) is 3. The summed E-state index contributed by atoms with van der Waals surface area (Å²) >= 11 is 0. The third-order valence-corrected chi connectivity index (χ3v) is 4.03. The lowest BCUT2D eigenvalue weighted by Gasteiger charge is -2.10. The topological polar surface area (TPSA) is 76.0 Å². The van der Waals surface area contributed by atoms with Gasteiger partial charge in [-0.3, -0.25) is 9.59 Å². The zero-order valence-corrected chi connectivity index (χ0v) is 12.8. The molecule has 24 heavy (non-hydrogen) atoms. The Hall–Kier alpha value is -2.58. The van der Waals surface area contributed by atoms with E-state index in [1.165, 1.54) is 6.07 Å². The molecule has 0 saturated carbocycles. The molecule has 1 aliphatic heterocycles. The molecule has 0 bridgehead atoms. The van der Waals surface area contributed by atoms with Gasteiger partial charge < -0.3 is 15.2 Å². The maximum absolute atomic E-state index is 12.8. The average molecular weight is 340 g/mol. The summed E-state index contributed by atoms with van der Waals surface area (Å²) in [4.78, 5) is 27.2. The van der Waals surface area contributed by atoms with Gasteiger partial charge in [-0.25, -0.2) is 4.98 Å². The van der Waals surface area contributed by atoms with Gasteiger partial charge in [0.25, 0.3) is 0 Å². The van der Waals surface area contributed by atoms with Crippen LogP contribution >= 0.6 is 0 Å². The fourth-order valence-electron chi connectivity index (χ4n) is 2.68. The van der Waals surface area contributed by atoms with Crippen LogP contribution in [-0.4, -0.2) is 27.4 Å². The van der Waals surface area contributed by atoms with Gasteiger partial charge in [0.2, 0.25) is 11.8 Å². The Bertz CT molecular complexity index is 813. The number of aryl methyl sites for hydroxylation is 1. The van der Waals surface area contributed by atoms with Crippen molar-refractivity contribution in [1.82, 2.24) is 20.2 Å². The molecular weight excluding hydrogens is 325 g/mol. The van der Waals surface area contributed by atoms with Crippen LogP contribution < -0.4 is 10.6 Å². The number of fused-ring (bicyclic) bond motifs is 1. The van der Waals surface area contributed by atoms with Gasteiger partial charge >= 0.3 is 6.18 Å². The van der Waals surface area contributed by atoms with Crippen LogP contribution in [-0.2, 0) is 29.4 Å². The smallest absolute Gasteiger partial charge is 0.347 e. The molecule has 128 valence electrons. The van der Waals surface area contributed by atoms with Crippen molar-refractivity contribution in [2.75, 3.05) is 0 Å². The predicted molar refractivity (Wildman–Crippen MR) is 78.7 cm³/mol. The van der Waals surface area contributed by atoms with Gasteiger partial charge in [-0.2, -0.15) is 13.2 Å². The van der Waals surface area contributed by atoms with Crippen molar-refractivity contribution in [2.45, 2.75) is 31.6 Å². The molecule has 1 fully saturated rings. The molecule has 2 N–H and O–H groups in total. The van der Waals surface area contributed by atoms with E-state index in [0.29, 0.717) is 24.2 Å². The molecule has 1 saturated heterocycles. The Morgan fingerprint density at radius 2 is 2.21 bits per heavy atom. The summed E-state index contributed by atoms with van der Waals surface area (Å²) in [5.74, 6) is -0.0663. The molecule has 2 aromatic rings. The summed E-state index contributed by atoms with van der Waals surface area (Å²) in [6.45, 7) is 0.0672. The van der Waals surface area contributed by atoms with Crippen LogP contribution in [0, 0.1) is 0 Å². The van der Waals surface area contributed by atoms with Gasteiger partial charge in [0.05, 0.1) is 23.1 Å². The van der Waals surface area contributed by atoms with E-state index >= 15 is 0 Å². The number of hydrogen-bond donors (Lipinski definition) is 2. The Morgan fingerprint density at radius 3 is 2.83 bits per heavy atom. The highest BCUT2D eigenvalue weighted by molar-refractivity contribution is 5.90. The number of halogens is 3. The van der Waals surface area contributed by atoms with Gasteiger partial charge in [-0.05, 0) is 24.6 Å². The number of carbonyl (C=O) groups excluding carboxylic acids is 2. The number of nitrogens with zero attached hydrogens (tertiary/aromatic N) is 2. The van der Waals surface area contributed by atoms with Crippen LogP contribution in [0.1, 0.15) is 24.2 Å². The van der Waals surface area contributed by atoms with Crippen LogP contribution in [0.15, 0.2) is 18.2 Å². The largest absolute Gasteiger partial charge is 0.416 e. The summed E-state index contributed by atoms with van der Waals surface area (Å²) < 4.78 is 39.9. The maximum Gasteiger partial charge on any atom is 0.416 e. The Labute approximate surface area is 135 Å². The van der Waals surface area contributed by atoms with Gasteiger partial charge in [0, 0.05) is 13.5 Å². The van der Waals surface area contributed by atoms with E-state index in [2.05, 4.69) is 15.6 Å². The second-order valence-electron chi connectivity index (χ2n) is 5.66. The number of nitrogens with one attached hydrogen (secondary N) is 2. The Kier molecular flexibility index (Phi) is 3.94. The van der Waals surface area contributed by atoms with E-state index in [-0.39, 0.29) is 23.9 Å². The molecule has 0 radical (unpaired) electrons. The molecule has 2 heterocycles. The van der Waals surface area contributed by atoms with Crippen LogP contribution in [0.25, 0.3) is 11.0 Å². The highest BCUT2D eigenvalue weighted by atomic mass is 19.4. The number of aromatic nitrogens is 2. The van der Waals surface area contributed by atoms with Crippen LogP contribution in [0.2, 0.25) is 0 Å². The zero-order valence-electron chi connectivity index (χ0n) is 12.8. The SMILES string of the molecule is Cn1c(CNC(=O)[C@H]2CCC(=O)N2)nc2cc(C(F)(F)F)ccc21. The summed E-state index contributed by atoms with van der Waals surface area (Å²) in [6, 6.07) is 2.77.